The van der Waals surface area contributed by atoms with Crippen LogP contribution >= 0.6 is 11.3 Å². The van der Waals surface area contributed by atoms with Crippen molar-refractivity contribution in [2.45, 2.75) is 32.6 Å². The van der Waals surface area contributed by atoms with Crippen LogP contribution in [0.25, 0.3) is 21.3 Å². The maximum atomic E-state index is 5.05. The summed E-state index contributed by atoms with van der Waals surface area (Å²) in [5.74, 6) is 0. The second-order valence-corrected chi connectivity index (χ2v) is 7.76. The van der Waals surface area contributed by atoms with E-state index in [1.165, 1.54) is 45.3 Å². The summed E-state index contributed by atoms with van der Waals surface area (Å²) in [6, 6.07) is 25.8. The summed E-state index contributed by atoms with van der Waals surface area (Å²) < 4.78 is 0. The summed E-state index contributed by atoms with van der Waals surface area (Å²) in [7, 11) is 0. The van der Waals surface area contributed by atoms with E-state index in [9.17, 15) is 0 Å². The molecule has 0 aliphatic heterocycles. The molecule has 4 rings (SSSR count). The lowest BCUT2D eigenvalue weighted by Crippen LogP contribution is -1.95. The summed E-state index contributed by atoms with van der Waals surface area (Å²) in [5, 5.41) is 3.79. The smallest absolute Gasteiger partial charge is 0.123 e. The van der Waals surface area contributed by atoms with Gasteiger partial charge >= 0.3 is 0 Å². The first-order chi connectivity index (χ1) is 12.8. The van der Waals surface area contributed by atoms with Crippen LogP contribution in [-0.2, 0) is 12.8 Å². The zero-order chi connectivity index (χ0) is 17.8. The average molecular weight is 358 g/mol. The number of unbranched alkanes of at least 4 members (excludes halogenated alkanes) is 1. The predicted octanol–water partition coefficient (Wildman–Crippen LogP) is 6.90. The second kappa shape index (κ2) is 7.84. The number of hydrogen-bond donors (Lipinski definition) is 0. The van der Waals surface area contributed by atoms with E-state index in [0.29, 0.717) is 0 Å². The van der Waals surface area contributed by atoms with E-state index < -0.39 is 0 Å². The molecule has 0 radical (unpaired) electrons. The van der Waals surface area contributed by atoms with Gasteiger partial charge in [0, 0.05) is 16.9 Å². The van der Waals surface area contributed by atoms with E-state index >= 15 is 0 Å². The number of rotatable bonds is 6. The van der Waals surface area contributed by atoms with Gasteiger partial charge in [-0.1, -0.05) is 86.1 Å². The molecule has 0 N–H and O–H groups in total. The van der Waals surface area contributed by atoms with Gasteiger partial charge < -0.3 is 0 Å². The third-order valence-electron chi connectivity index (χ3n) is 4.79. The van der Waals surface area contributed by atoms with Gasteiger partial charge in [-0.15, -0.1) is 11.3 Å². The van der Waals surface area contributed by atoms with Crippen LogP contribution in [0, 0.1) is 0 Å². The van der Waals surface area contributed by atoms with Crippen LogP contribution in [0.15, 0.2) is 72.8 Å². The minimum atomic E-state index is 0.906. The van der Waals surface area contributed by atoms with Crippen LogP contribution in [-0.4, -0.2) is 4.98 Å². The first kappa shape index (κ1) is 17.0. The standard InChI is InChI=1S/C24H23NS/c1-2-3-16-23-22(25-24(26-23)19-11-5-4-6-12-19)17-20-14-9-13-18-10-7-8-15-21(18)20/h4-15H,2-3,16-17H2,1H3. The van der Waals surface area contributed by atoms with Crippen molar-refractivity contribution in [2.24, 2.45) is 0 Å². The predicted molar refractivity (Wildman–Crippen MR) is 113 cm³/mol. The zero-order valence-corrected chi connectivity index (χ0v) is 15.9. The Hall–Kier alpha value is -2.45. The molecule has 130 valence electrons. The van der Waals surface area contributed by atoms with Crippen molar-refractivity contribution in [1.82, 2.24) is 4.98 Å². The highest BCUT2D eigenvalue weighted by Gasteiger charge is 2.14. The van der Waals surface area contributed by atoms with Crippen LogP contribution in [0.2, 0.25) is 0 Å². The molecule has 2 heteroatoms. The molecule has 1 heterocycles. The van der Waals surface area contributed by atoms with Gasteiger partial charge in [0.25, 0.3) is 0 Å². The molecule has 0 aliphatic carbocycles. The molecule has 0 unspecified atom stereocenters. The molecule has 0 fully saturated rings. The fourth-order valence-electron chi connectivity index (χ4n) is 3.39. The van der Waals surface area contributed by atoms with Crippen molar-refractivity contribution >= 4 is 22.1 Å². The summed E-state index contributed by atoms with van der Waals surface area (Å²) in [6.45, 7) is 2.25. The highest BCUT2D eigenvalue weighted by molar-refractivity contribution is 7.15. The van der Waals surface area contributed by atoms with Crippen LogP contribution in [0.3, 0.4) is 0 Å². The summed E-state index contributed by atoms with van der Waals surface area (Å²) in [5.41, 5.74) is 3.84. The van der Waals surface area contributed by atoms with E-state index in [2.05, 4.69) is 79.7 Å². The van der Waals surface area contributed by atoms with E-state index in [0.717, 1.165) is 17.8 Å². The first-order valence-corrected chi connectivity index (χ1v) is 10.2. The molecule has 0 spiro atoms. The molecule has 3 aromatic carbocycles. The largest absolute Gasteiger partial charge is 0.240 e. The van der Waals surface area contributed by atoms with Gasteiger partial charge in [0.05, 0.1) is 5.69 Å². The Morgan fingerprint density at radius 2 is 1.62 bits per heavy atom. The van der Waals surface area contributed by atoms with Gasteiger partial charge in [-0.05, 0) is 29.2 Å². The van der Waals surface area contributed by atoms with Crippen molar-refractivity contribution in [2.75, 3.05) is 0 Å². The third kappa shape index (κ3) is 3.56. The molecular weight excluding hydrogens is 334 g/mol. The van der Waals surface area contributed by atoms with Crippen LogP contribution in [0.5, 0.6) is 0 Å². The Bertz CT molecular complexity index is 996. The monoisotopic (exact) mass is 357 g/mol. The minimum absolute atomic E-state index is 0.906. The normalized spacial score (nSPS) is 11.1. The molecule has 4 aromatic rings. The Labute approximate surface area is 159 Å². The Kier molecular flexibility index (Phi) is 5.12. The van der Waals surface area contributed by atoms with Gasteiger partial charge in [0.15, 0.2) is 0 Å². The molecular formula is C24H23NS. The number of thiazole rings is 1. The van der Waals surface area contributed by atoms with Crippen molar-refractivity contribution in [3.63, 3.8) is 0 Å². The van der Waals surface area contributed by atoms with Crippen molar-refractivity contribution in [3.05, 3.63) is 88.9 Å². The number of aromatic nitrogens is 1. The molecule has 0 saturated heterocycles. The van der Waals surface area contributed by atoms with E-state index in [4.69, 9.17) is 4.98 Å². The molecule has 1 aromatic heterocycles. The number of aryl methyl sites for hydroxylation is 1. The Balaban J connectivity index is 1.73. The zero-order valence-electron chi connectivity index (χ0n) is 15.1. The maximum Gasteiger partial charge on any atom is 0.123 e. The highest BCUT2D eigenvalue weighted by Crippen LogP contribution is 2.31. The third-order valence-corrected chi connectivity index (χ3v) is 6.00. The molecule has 0 saturated carbocycles. The fourth-order valence-corrected chi connectivity index (χ4v) is 4.51. The number of benzene rings is 3. The van der Waals surface area contributed by atoms with Gasteiger partial charge in [-0.2, -0.15) is 0 Å². The highest BCUT2D eigenvalue weighted by atomic mass is 32.1. The van der Waals surface area contributed by atoms with Crippen molar-refractivity contribution in [3.8, 4) is 10.6 Å². The van der Waals surface area contributed by atoms with Gasteiger partial charge in [0.2, 0.25) is 0 Å². The van der Waals surface area contributed by atoms with Gasteiger partial charge in [-0.25, -0.2) is 4.98 Å². The topological polar surface area (TPSA) is 12.9 Å². The molecule has 0 aliphatic rings. The SMILES string of the molecule is CCCCc1sc(-c2ccccc2)nc1Cc1cccc2ccccc12. The number of hydrogen-bond acceptors (Lipinski definition) is 2. The van der Waals surface area contributed by atoms with Crippen molar-refractivity contribution in [1.29, 1.82) is 0 Å². The first-order valence-electron chi connectivity index (χ1n) is 9.36. The second-order valence-electron chi connectivity index (χ2n) is 6.67. The van der Waals surface area contributed by atoms with E-state index in [1.807, 2.05) is 11.3 Å². The summed E-state index contributed by atoms with van der Waals surface area (Å²) in [6.07, 6.45) is 4.47. The summed E-state index contributed by atoms with van der Waals surface area (Å²) >= 11 is 1.87. The molecule has 1 nitrogen and oxygen atoms in total. The lowest BCUT2D eigenvalue weighted by molar-refractivity contribution is 0.795. The molecule has 0 amide bonds. The Morgan fingerprint density at radius 3 is 2.46 bits per heavy atom. The lowest BCUT2D eigenvalue weighted by Gasteiger charge is -2.06. The van der Waals surface area contributed by atoms with Gasteiger partial charge in [-0.3, -0.25) is 0 Å². The Morgan fingerprint density at radius 1 is 0.846 bits per heavy atom. The number of fused-ring (bicyclic) bond motifs is 1. The molecule has 0 atom stereocenters. The van der Waals surface area contributed by atoms with Crippen molar-refractivity contribution < 1.29 is 0 Å². The minimum Gasteiger partial charge on any atom is -0.240 e. The summed E-state index contributed by atoms with van der Waals surface area (Å²) in [4.78, 5) is 6.50. The van der Waals surface area contributed by atoms with E-state index in [1.54, 1.807) is 0 Å². The van der Waals surface area contributed by atoms with Crippen LogP contribution in [0.1, 0.15) is 35.9 Å². The van der Waals surface area contributed by atoms with Crippen LogP contribution in [0.4, 0.5) is 0 Å². The lowest BCUT2D eigenvalue weighted by atomic mass is 10.00. The number of nitrogens with zero attached hydrogens (tertiary/aromatic N) is 1. The molecule has 0 bridgehead atoms. The molecule has 26 heavy (non-hydrogen) atoms. The fraction of sp³-hybridized carbons (Fsp3) is 0.208. The maximum absolute atomic E-state index is 5.05. The quantitative estimate of drug-likeness (QED) is 0.366. The average Bonchev–Trinajstić information content (AvgIpc) is 3.10. The van der Waals surface area contributed by atoms with Crippen LogP contribution < -0.4 is 0 Å². The van der Waals surface area contributed by atoms with Gasteiger partial charge in [0.1, 0.15) is 5.01 Å². The van der Waals surface area contributed by atoms with E-state index in [-0.39, 0.29) is 0 Å².